The third-order valence-corrected chi connectivity index (χ3v) is 2.93. The van der Waals surface area contributed by atoms with Gasteiger partial charge in [0.25, 0.3) is 0 Å². The van der Waals surface area contributed by atoms with Crippen LogP contribution in [-0.4, -0.2) is 37.3 Å². The SMILES string of the molecule is CN(CCC(F)(F)F)CC1CCC(N)C1. The van der Waals surface area contributed by atoms with Gasteiger partial charge in [-0.25, -0.2) is 0 Å². The molecule has 2 N–H and O–H groups in total. The number of hydrogen-bond donors (Lipinski definition) is 1. The second kappa shape index (κ2) is 5.16. The van der Waals surface area contributed by atoms with E-state index in [-0.39, 0.29) is 12.6 Å². The molecule has 1 rings (SSSR count). The van der Waals surface area contributed by atoms with Gasteiger partial charge in [0.05, 0.1) is 6.42 Å². The Bertz CT molecular complexity index is 194. The molecular weight excluding hydrogens is 205 g/mol. The van der Waals surface area contributed by atoms with Crippen molar-refractivity contribution in [1.29, 1.82) is 0 Å². The molecule has 0 aromatic heterocycles. The van der Waals surface area contributed by atoms with Gasteiger partial charge in [0.15, 0.2) is 0 Å². The second-order valence-electron chi connectivity index (χ2n) is 4.57. The van der Waals surface area contributed by atoms with Crippen molar-refractivity contribution >= 4 is 0 Å². The predicted molar refractivity (Wildman–Crippen MR) is 53.5 cm³/mol. The fourth-order valence-corrected chi connectivity index (χ4v) is 2.13. The van der Waals surface area contributed by atoms with Crippen LogP contribution in [0.2, 0.25) is 0 Å². The van der Waals surface area contributed by atoms with E-state index in [2.05, 4.69) is 0 Å². The Morgan fingerprint density at radius 3 is 2.47 bits per heavy atom. The maximum atomic E-state index is 11.9. The quantitative estimate of drug-likeness (QED) is 0.791. The van der Waals surface area contributed by atoms with E-state index in [1.54, 1.807) is 11.9 Å². The summed E-state index contributed by atoms with van der Waals surface area (Å²) in [5.74, 6) is 0.484. The van der Waals surface area contributed by atoms with Crippen LogP contribution in [0, 0.1) is 5.92 Å². The Morgan fingerprint density at radius 1 is 1.33 bits per heavy atom. The number of rotatable bonds is 4. The van der Waals surface area contributed by atoms with Gasteiger partial charge < -0.3 is 10.6 Å². The van der Waals surface area contributed by atoms with Gasteiger partial charge in [-0.05, 0) is 32.2 Å². The molecule has 5 heteroatoms. The summed E-state index contributed by atoms with van der Waals surface area (Å²) in [7, 11) is 1.75. The zero-order chi connectivity index (χ0) is 11.5. The van der Waals surface area contributed by atoms with Gasteiger partial charge in [-0.3, -0.25) is 0 Å². The molecule has 0 saturated heterocycles. The summed E-state index contributed by atoms with van der Waals surface area (Å²) in [6.07, 6.45) is -1.74. The highest BCUT2D eigenvalue weighted by Crippen LogP contribution is 2.25. The molecule has 1 saturated carbocycles. The molecule has 0 amide bonds. The lowest BCUT2D eigenvalue weighted by Crippen LogP contribution is -2.29. The van der Waals surface area contributed by atoms with Gasteiger partial charge in [0.1, 0.15) is 0 Å². The van der Waals surface area contributed by atoms with Crippen molar-refractivity contribution in [3.8, 4) is 0 Å². The third kappa shape index (κ3) is 5.37. The van der Waals surface area contributed by atoms with Gasteiger partial charge in [0, 0.05) is 19.1 Å². The second-order valence-corrected chi connectivity index (χ2v) is 4.57. The van der Waals surface area contributed by atoms with E-state index < -0.39 is 12.6 Å². The van der Waals surface area contributed by atoms with Crippen LogP contribution in [0.1, 0.15) is 25.7 Å². The maximum Gasteiger partial charge on any atom is 0.390 e. The summed E-state index contributed by atoms with van der Waals surface area (Å²) < 4.78 is 35.8. The molecule has 0 heterocycles. The zero-order valence-corrected chi connectivity index (χ0v) is 9.06. The lowest BCUT2D eigenvalue weighted by molar-refractivity contribution is -0.137. The number of hydrogen-bond acceptors (Lipinski definition) is 2. The minimum atomic E-state index is -4.04. The largest absolute Gasteiger partial charge is 0.390 e. The highest BCUT2D eigenvalue weighted by Gasteiger charge is 2.28. The highest BCUT2D eigenvalue weighted by atomic mass is 19.4. The lowest BCUT2D eigenvalue weighted by atomic mass is 10.1. The molecule has 0 bridgehead atoms. The van der Waals surface area contributed by atoms with Crippen LogP contribution in [0.5, 0.6) is 0 Å². The third-order valence-electron chi connectivity index (χ3n) is 2.93. The lowest BCUT2D eigenvalue weighted by Gasteiger charge is -2.21. The molecule has 2 nitrogen and oxygen atoms in total. The summed E-state index contributed by atoms with van der Waals surface area (Å²) >= 11 is 0. The average Bonchev–Trinajstić information content (AvgIpc) is 2.47. The van der Waals surface area contributed by atoms with Crippen LogP contribution in [-0.2, 0) is 0 Å². The first kappa shape index (κ1) is 12.8. The molecule has 1 aliphatic rings. The molecule has 0 aromatic rings. The molecule has 15 heavy (non-hydrogen) atoms. The van der Waals surface area contributed by atoms with E-state index >= 15 is 0 Å². The average molecular weight is 224 g/mol. The minimum absolute atomic E-state index is 0.0925. The van der Waals surface area contributed by atoms with Crippen molar-refractivity contribution in [2.75, 3.05) is 20.1 Å². The van der Waals surface area contributed by atoms with E-state index in [0.29, 0.717) is 5.92 Å². The Labute approximate surface area is 88.6 Å². The Hall–Kier alpha value is -0.290. The van der Waals surface area contributed by atoms with E-state index in [1.165, 1.54) is 0 Å². The Balaban J connectivity index is 2.16. The summed E-state index contributed by atoms with van der Waals surface area (Å²) in [5, 5.41) is 0. The monoisotopic (exact) mass is 224 g/mol. The summed E-state index contributed by atoms with van der Waals surface area (Å²) in [4.78, 5) is 1.76. The summed E-state index contributed by atoms with van der Waals surface area (Å²) in [5.41, 5.74) is 5.75. The fourth-order valence-electron chi connectivity index (χ4n) is 2.13. The molecule has 1 fully saturated rings. The van der Waals surface area contributed by atoms with E-state index in [1.807, 2.05) is 0 Å². The van der Waals surface area contributed by atoms with Crippen LogP contribution < -0.4 is 5.73 Å². The maximum absolute atomic E-state index is 11.9. The van der Waals surface area contributed by atoms with Crippen molar-refractivity contribution in [1.82, 2.24) is 4.90 Å². The number of halogens is 3. The molecule has 2 atom stereocenters. The van der Waals surface area contributed by atoms with Gasteiger partial charge in [-0.1, -0.05) is 0 Å². The molecule has 1 aliphatic carbocycles. The van der Waals surface area contributed by atoms with E-state index in [0.717, 1.165) is 25.8 Å². The number of nitrogens with zero attached hydrogens (tertiary/aromatic N) is 1. The molecule has 0 radical (unpaired) electrons. The van der Waals surface area contributed by atoms with Crippen molar-refractivity contribution in [2.24, 2.45) is 11.7 Å². The summed E-state index contributed by atoms with van der Waals surface area (Å²) in [6, 6.07) is 0.256. The smallest absolute Gasteiger partial charge is 0.328 e. The Kier molecular flexibility index (Phi) is 4.40. The first-order valence-electron chi connectivity index (χ1n) is 5.37. The first-order valence-corrected chi connectivity index (χ1v) is 5.37. The molecule has 0 spiro atoms. The topological polar surface area (TPSA) is 29.3 Å². The van der Waals surface area contributed by atoms with Gasteiger partial charge >= 0.3 is 6.18 Å². The summed E-state index contributed by atoms with van der Waals surface area (Å²) in [6.45, 7) is 0.832. The van der Waals surface area contributed by atoms with Crippen LogP contribution in [0.3, 0.4) is 0 Å². The van der Waals surface area contributed by atoms with Crippen molar-refractivity contribution in [3.05, 3.63) is 0 Å². The van der Waals surface area contributed by atoms with Gasteiger partial charge in [-0.2, -0.15) is 13.2 Å². The van der Waals surface area contributed by atoms with Crippen molar-refractivity contribution in [3.63, 3.8) is 0 Å². The fraction of sp³-hybridized carbons (Fsp3) is 1.00. The van der Waals surface area contributed by atoms with Crippen LogP contribution >= 0.6 is 0 Å². The van der Waals surface area contributed by atoms with E-state index in [4.69, 9.17) is 5.73 Å². The number of nitrogens with two attached hydrogens (primary N) is 1. The standard InChI is InChI=1S/C10H19F3N2/c1-15(5-4-10(11,12)13)7-8-2-3-9(14)6-8/h8-9H,2-7,14H2,1H3. The van der Waals surface area contributed by atoms with Crippen molar-refractivity contribution < 1.29 is 13.2 Å². The predicted octanol–water partition coefficient (Wildman–Crippen LogP) is 2.00. The highest BCUT2D eigenvalue weighted by molar-refractivity contribution is 4.79. The normalized spacial score (nSPS) is 27.6. The molecule has 90 valence electrons. The zero-order valence-electron chi connectivity index (χ0n) is 9.06. The first-order chi connectivity index (χ1) is 6.87. The van der Waals surface area contributed by atoms with Gasteiger partial charge in [0.2, 0.25) is 0 Å². The van der Waals surface area contributed by atoms with Crippen LogP contribution in [0.25, 0.3) is 0 Å². The number of alkyl halides is 3. The Morgan fingerprint density at radius 2 is 2.00 bits per heavy atom. The van der Waals surface area contributed by atoms with Crippen LogP contribution in [0.15, 0.2) is 0 Å². The molecule has 0 aliphatic heterocycles. The minimum Gasteiger partial charge on any atom is -0.328 e. The van der Waals surface area contributed by atoms with Crippen LogP contribution in [0.4, 0.5) is 13.2 Å². The molecule has 2 unspecified atom stereocenters. The van der Waals surface area contributed by atoms with Gasteiger partial charge in [-0.15, -0.1) is 0 Å². The van der Waals surface area contributed by atoms with Crippen molar-refractivity contribution in [2.45, 2.75) is 37.9 Å². The van der Waals surface area contributed by atoms with E-state index in [9.17, 15) is 13.2 Å². The molecule has 0 aromatic carbocycles. The molecular formula is C10H19F3N2.